The minimum atomic E-state index is 0.698. The second-order valence-electron chi connectivity index (χ2n) is 8.88. The van der Waals surface area contributed by atoms with Crippen molar-refractivity contribution in [3.8, 4) is 23.0 Å². The monoisotopic (exact) mass is 482 g/mol. The Labute approximate surface area is 212 Å². The number of ether oxygens (including phenoxy) is 1. The largest absolute Gasteiger partial charge is 0.457 e. The molecule has 0 atom stereocenters. The molecule has 0 N–H and O–H groups in total. The molecule has 0 fully saturated rings. The molecule has 7 heteroatoms. The molecule has 178 valence electrons. The fourth-order valence-corrected chi connectivity index (χ4v) is 4.84. The predicted molar refractivity (Wildman–Crippen MR) is 146 cm³/mol. The van der Waals surface area contributed by atoms with Crippen molar-refractivity contribution >= 4 is 33.9 Å². The molecule has 0 saturated heterocycles. The Balaban J connectivity index is 1.42. The van der Waals surface area contributed by atoms with E-state index in [2.05, 4.69) is 56.8 Å². The van der Waals surface area contributed by atoms with Gasteiger partial charge in [0.15, 0.2) is 0 Å². The van der Waals surface area contributed by atoms with E-state index < -0.39 is 0 Å². The average Bonchev–Trinajstić information content (AvgIpc) is 3.65. The number of rotatable bonds is 5. The van der Waals surface area contributed by atoms with Crippen LogP contribution in [0.4, 0.5) is 0 Å². The summed E-state index contributed by atoms with van der Waals surface area (Å²) in [7, 11) is 0. The standard InChI is InChI=1S/C30H22N6O/c1-3-21-16-22(34-15-7-14-32-34)18-24(17-21)37-23-11-12-25-27(19-23)36(28-10-4-5-13-31-28)30-33-29-20(2)8-6-9-26(29)35(25)30/h3-19H,1H2,2H3. The Morgan fingerprint density at radius 1 is 0.838 bits per heavy atom. The van der Waals surface area contributed by atoms with Crippen molar-refractivity contribution in [2.45, 2.75) is 6.92 Å². The highest BCUT2D eigenvalue weighted by atomic mass is 16.5. The van der Waals surface area contributed by atoms with E-state index in [1.165, 1.54) is 0 Å². The smallest absolute Gasteiger partial charge is 0.221 e. The van der Waals surface area contributed by atoms with E-state index in [1.807, 2.05) is 60.8 Å². The van der Waals surface area contributed by atoms with E-state index in [1.54, 1.807) is 23.2 Å². The van der Waals surface area contributed by atoms with Gasteiger partial charge in [-0.25, -0.2) is 14.6 Å². The van der Waals surface area contributed by atoms with Crippen LogP contribution in [0.1, 0.15) is 11.1 Å². The lowest BCUT2D eigenvalue weighted by atomic mass is 10.2. The molecule has 7 aromatic rings. The van der Waals surface area contributed by atoms with E-state index in [-0.39, 0.29) is 0 Å². The minimum Gasteiger partial charge on any atom is -0.457 e. The molecule has 0 radical (unpaired) electrons. The summed E-state index contributed by atoms with van der Waals surface area (Å²) in [6, 6.07) is 26.1. The van der Waals surface area contributed by atoms with Crippen LogP contribution >= 0.6 is 0 Å². The molecule has 0 amide bonds. The molecule has 0 unspecified atom stereocenters. The first-order valence-corrected chi connectivity index (χ1v) is 12.0. The molecular formula is C30H22N6O. The van der Waals surface area contributed by atoms with Gasteiger partial charge in [-0.15, -0.1) is 0 Å². The first-order chi connectivity index (χ1) is 18.2. The van der Waals surface area contributed by atoms with Crippen molar-refractivity contribution in [2.24, 2.45) is 0 Å². The van der Waals surface area contributed by atoms with Gasteiger partial charge in [0, 0.05) is 30.7 Å². The number of hydrogen-bond acceptors (Lipinski definition) is 4. The van der Waals surface area contributed by atoms with Crippen molar-refractivity contribution in [1.29, 1.82) is 0 Å². The second-order valence-corrected chi connectivity index (χ2v) is 8.88. The van der Waals surface area contributed by atoms with Crippen LogP contribution in [-0.2, 0) is 0 Å². The van der Waals surface area contributed by atoms with Crippen LogP contribution in [-0.4, -0.2) is 28.7 Å². The third-order valence-electron chi connectivity index (χ3n) is 6.53. The topological polar surface area (TPSA) is 62.2 Å². The molecule has 7 nitrogen and oxygen atoms in total. The summed E-state index contributed by atoms with van der Waals surface area (Å²) in [6.45, 7) is 6.02. The van der Waals surface area contributed by atoms with Gasteiger partial charge in [0.25, 0.3) is 0 Å². The first kappa shape index (κ1) is 21.1. The molecule has 4 aromatic heterocycles. The SMILES string of the molecule is C=Cc1cc(Oc2ccc3c(c2)n(-c2ccccn2)c2nc4c(C)cccc4n32)cc(-n2cccn2)c1. The van der Waals surface area contributed by atoms with Crippen LogP contribution < -0.4 is 4.74 Å². The molecule has 3 aromatic carbocycles. The molecule has 0 saturated carbocycles. The number of para-hydroxylation sites is 1. The van der Waals surface area contributed by atoms with Crippen LogP contribution in [0.5, 0.6) is 11.5 Å². The number of aryl methyl sites for hydroxylation is 1. The van der Waals surface area contributed by atoms with E-state index in [9.17, 15) is 0 Å². The van der Waals surface area contributed by atoms with Gasteiger partial charge < -0.3 is 4.74 Å². The Hall–Kier alpha value is -5.17. The average molecular weight is 483 g/mol. The number of fused-ring (bicyclic) bond motifs is 5. The van der Waals surface area contributed by atoms with E-state index in [0.717, 1.165) is 50.5 Å². The van der Waals surface area contributed by atoms with Crippen LogP contribution in [0.2, 0.25) is 0 Å². The van der Waals surface area contributed by atoms with Crippen LogP contribution in [0.25, 0.3) is 45.4 Å². The number of nitrogens with zero attached hydrogens (tertiary/aromatic N) is 6. The fourth-order valence-electron chi connectivity index (χ4n) is 4.84. The van der Waals surface area contributed by atoms with E-state index >= 15 is 0 Å². The number of aromatic nitrogens is 6. The zero-order valence-corrected chi connectivity index (χ0v) is 20.1. The second kappa shape index (κ2) is 8.20. The molecular weight excluding hydrogens is 460 g/mol. The molecule has 0 aliphatic carbocycles. The van der Waals surface area contributed by atoms with Crippen molar-refractivity contribution in [3.05, 3.63) is 115 Å². The number of imidazole rings is 2. The van der Waals surface area contributed by atoms with Crippen LogP contribution in [0, 0.1) is 6.92 Å². The molecule has 0 bridgehead atoms. The Kier molecular flexibility index (Phi) is 4.69. The summed E-state index contributed by atoms with van der Waals surface area (Å²) in [4.78, 5) is 9.67. The number of benzene rings is 3. The molecule has 0 aliphatic rings. The lowest BCUT2D eigenvalue weighted by Gasteiger charge is -2.11. The van der Waals surface area contributed by atoms with Crippen molar-refractivity contribution in [1.82, 2.24) is 28.7 Å². The van der Waals surface area contributed by atoms with Gasteiger partial charge in [-0.2, -0.15) is 5.10 Å². The third kappa shape index (κ3) is 3.40. The van der Waals surface area contributed by atoms with Crippen LogP contribution in [0.15, 0.2) is 104 Å². The summed E-state index contributed by atoms with van der Waals surface area (Å²) >= 11 is 0. The van der Waals surface area contributed by atoms with Gasteiger partial charge in [0.1, 0.15) is 17.3 Å². The quantitative estimate of drug-likeness (QED) is 0.272. The van der Waals surface area contributed by atoms with Gasteiger partial charge in [0.2, 0.25) is 5.78 Å². The van der Waals surface area contributed by atoms with Crippen LogP contribution in [0.3, 0.4) is 0 Å². The number of hydrogen-bond donors (Lipinski definition) is 0. The van der Waals surface area contributed by atoms with Gasteiger partial charge in [-0.3, -0.25) is 8.97 Å². The summed E-state index contributed by atoms with van der Waals surface area (Å²) in [5, 5.41) is 4.35. The zero-order valence-electron chi connectivity index (χ0n) is 20.1. The Morgan fingerprint density at radius 2 is 1.78 bits per heavy atom. The fraction of sp³-hybridized carbons (Fsp3) is 0.0333. The molecule has 7 rings (SSSR count). The maximum atomic E-state index is 6.39. The summed E-state index contributed by atoms with van der Waals surface area (Å²) in [5.41, 5.74) is 7.00. The highest BCUT2D eigenvalue weighted by Crippen LogP contribution is 2.33. The lowest BCUT2D eigenvalue weighted by molar-refractivity contribution is 0.482. The molecule has 37 heavy (non-hydrogen) atoms. The van der Waals surface area contributed by atoms with Crippen molar-refractivity contribution in [3.63, 3.8) is 0 Å². The van der Waals surface area contributed by atoms with Crippen molar-refractivity contribution < 1.29 is 4.74 Å². The van der Waals surface area contributed by atoms with Gasteiger partial charge in [0.05, 0.1) is 27.8 Å². The normalized spacial score (nSPS) is 11.5. The highest BCUT2D eigenvalue weighted by Gasteiger charge is 2.19. The Morgan fingerprint density at radius 3 is 2.59 bits per heavy atom. The predicted octanol–water partition coefficient (Wildman–Crippen LogP) is 6.76. The molecule has 0 spiro atoms. The summed E-state index contributed by atoms with van der Waals surface area (Å²) in [6.07, 6.45) is 7.25. The highest BCUT2D eigenvalue weighted by molar-refractivity contribution is 5.93. The Bertz CT molecular complexity index is 1930. The minimum absolute atomic E-state index is 0.698. The lowest BCUT2D eigenvalue weighted by Crippen LogP contribution is -1.98. The van der Waals surface area contributed by atoms with Gasteiger partial charge in [-0.05, 0) is 66.6 Å². The maximum Gasteiger partial charge on any atom is 0.221 e. The maximum absolute atomic E-state index is 6.39. The van der Waals surface area contributed by atoms with Gasteiger partial charge >= 0.3 is 0 Å². The zero-order chi connectivity index (χ0) is 24.9. The van der Waals surface area contributed by atoms with E-state index in [4.69, 9.17) is 9.72 Å². The number of pyridine rings is 1. The third-order valence-corrected chi connectivity index (χ3v) is 6.53. The molecule has 4 heterocycles. The van der Waals surface area contributed by atoms with E-state index in [0.29, 0.717) is 11.5 Å². The summed E-state index contributed by atoms with van der Waals surface area (Å²) < 4.78 is 12.5. The molecule has 0 aliphatic heterocycles. The first-order valence-electron chi connectivity index (χ1n) is 12.0. The summed E-state index contributed by atoms with van der Waals surface area (Å²) in [5.74, 6) is 3.01. The van der Waals surface area contributed by atoms with Crippen molar-refractivity contribution in [2.75, 3.05) is 0 Å². The van der Waals surface area contributed by atoms with Gasteiger partial charge in [-0.1, -0.05) is 30.9 Å².